The van der Waals surface area contributed by atoms with E-state index < -0.39 is 5.60 Å². The number of thioether (sulfide) groups is 1. The molecular formula is C26H21NOS. The van der Waals surface area contributed by atoms with Crippen LogP contribution in [0, 0.1) is 0 Å². The van der Waals surface area contributed by atoms with Crippen LogP contribution in [-0.2, 0) is 10.4 Å². The summed E-state index contributed by atoms with van der Waals surface area (Å²) in [6, 6.07) is 35.9. The first-order valence-corrected chi connectivity index (χ1v) is 10.8. The molecular weight excluding hydrogens is 374 g/mol. The number of fused-ring (bicyclic) bond motifs is 1. The minimum Gasteiger partial charge on any atom is -0.383 e. The molecule has 3 heteroatoms. The van der Waals surface area contributed by atoms with Crippen LogP contribution < -0.4 is 0 Å². The van der Waals surface area contributed by atoms with Gasteiger partial charge in [-0.2, -0.15) is 0 Å². The fourth-order valence-electron chi connectivity index (χ4n) is 3.78. The van der Waals surface area contributed by atoms with Crippen LogP contribution >= 0.6 is 11.8 Å². The Balaban J connectivity index is 1.45. The number of benzene rings is 4. The maximum absolute atomic E-state index is 6.19. The highest BCUT2D eigenvalue weighted by Crippen LogP contribution is 2.41. The van der Waals surface area contributed by atoms with Gasteiger partial charge in [0.05, 0.1) is 5.71 Å². The van der Waals surface area contributed by atoms with E-state index in [4.69, 9.17) is 4.84 Å². The van der Waals surface area contributed by atoms with E-state index >= 15 is 0 Å². The maximum atomic E-state index is 6.19. The average molecular weight is 396 g/mol. The van der Waals surface area contributed by atoms with Crippen LogP contribution in [0.15, 0.2) is 113 Å². The van der Waals surface area contributed by atoms with Crippen LogP contribution in [0.25, 0.3) is 10.8 Å². The third-order valence-corrected chi connectivity index (χ3v) is 6.60. The second kappa shape index (κ2) is 7.76. The molecule has 0 unspecified atom stereocenters. The third-order valence-electron chi connectivity index (χ3n) is 5.38. The lowest BCUT2D eigenvalue weighted by Crippen LogP contribution is -2.29. The molecule has 0 N–H and O–H groups in total. The van der Waals surface area contributed by atoms with Gasteiger partial charge in [-0.15, -0.1) is 11.8 Å². The van der Waals surface area contributed by atoms with Gasteiger partial charge in [-0.1, -0.05) is 90.1 Å². The molecule has 0 aromatic heterocycles. The zero-order valence-electron chi connectivity index (χ0n) is 16.0. The molecule has 142 valence electrons. The maximum Gasteiger partial charge on any atom is 0.177 e. The van der Waals surface area contributed by atoms with Crippen molar-refractivity contribution in [3.8, 4) is 0 Å². The van der Waals surface area contributed by atoms with Gasteiger partial charge in [0.15, 0.2) is 5.60 Å². The second-order valence-corrected chi connectivity index (χ2v) is 8.38. The summed E-state index contributed by atoms with van der Waals surface area (Å²) in [7, 11) is 0. The minimum atomic E-state index is -0.456. The Kier molecular flexibility index (Phi) is 4.82. The second-order valence-electron chi connectivity index (χ2n) is 7.33. The largest absolute Gasteiger partial charge is 0.383 e. The third kappa shape index (κ3) is 3.66. The Morgan fingerprint density at radius 1 is 0.759 bits per heavy atom. The molecule has 0 radical (unpaired) electrons. The molecule has 0 saturated heterocycles. The summed E-state index contributed by atoms with van der Waals surface area (Å²) in [5.41, 5.74) is 2.85. The summed E-state index contributed by atoms with van der Waals surface area (Å²) in [6.07, 6.45) is 0.759. The first-order chi connectivity index (χ1) is 14.3. The van der Waals surface area contributed by atoms with E-state index in [1.807, 2.05) is 23.9 Å². The van der Waals surface area contributed by atoms with Crippen molar-refractivity contribution in [1.29, 1.82) is 0 Å². The van der Waals surface area contributed by atoms with E-state index in [0.717, 1.165) is 23.4 Å². The predicted octanol–water partition coefficient (Wildman–Crippen LogP) is 6.65. The van der Waals surface area contributed by atoms with Crippen LogP contribution in [0.3, 0.4) is 0 Å². The SMILES string of the molecule is c1ccc(SC[C@@]2(c3ccccc3)CC(c3ccc4ccccc4c3)=NO2)cc1. The Hall–Kier alpha value is -3.04. The molecule has 1 aliphatic rings. The first kappa shape index (κ1) is 18.0. The lowest BCUT2D eigenvalue weighted by atomic mass is 9.88. The summed E-state index contributed by atoms with van der Waals surface area (Å²) < 4.78 is 0. The van der Waals surface area contributed by atoms with Crippen molar-refractivity contribution in [3.05, 3.63) is 114 Å². The number of hydrogen-bond donors (Lipinski definition) is 0. The number of rotatable bonds is 5. The van der Waals surface area contributed by atoms with Gasteiger partial charge in [0.1, 0.15) is 0 Å². The molecule has 29 heavy (non-hydrogen) atoms. The Labute approximate surface area is 175 Å². The normalized spacial score (nSPS) is 18.4. The van der Waals surface area contributed by atoms with Gasteiger partial charge < -0.3 is 4.84 Å². The van der Waals surface area contributed by atoms with Gasteiger partial charge in [0.2, 0.25) is 0 Å². The summed E-state index contributed by atoms with van der Waals surface area (Å²) >= 11 is 1.81. The van der Waals surface area contributed by atoms with Crippen molar-refractivity contribution in [1.82, 2.24) is 0 Å². The van der Waals surface area contributed by atoms with E-state index in [1.165, 1.54) is 21.2 Å². The lowest BCUT2D eigenvalue weighted by molar-refractivity contribution is -0.00317. The van der Waals surface area contributed by atoms with Crippen molar-refractivity contribution in [2.45, 2.75) is 16.9 Å². The summed E-state index contributed by atoms with van der Waals surface area (Å²) in [5, 5.41) is 7.02. The lowest BCUT2D eigenvalue weighted by Gasteiger charge is -2.27. The van der Waals surface area contributed by atoms with Crippen LogP contribution in [0.5, 0.6) is 0 Å². The molecule has 0 saturated carbocycles. The molecule has 0 fully saturated rings. The van der Waals surface area contributed by atoms with Crippen molar-refractivity contribution < 1.29 is 4.84 Å². The molecule has 0 spiro atoms. The predicted molar refractivity (Wildman–Crippen MR) is 121 cm³/mol. The zero-order chi connectivity index (χ0) is 19.5. The van der Waals surface area contributed by atoms with Crippen LogP contribution in [0.4, 0.5) is 0 Å². The van der Waals surface area contributed by atoms with Crippen molar-refractivity contribution in [3.63, 3.8) is 0 Å². The zero-order valence-corrected chi connectivity index (χ0v) is 16.8. The van der Waals surface area contributed by atoms with Crippen molar-refractivity contribution in [2.24, 2.45) is 5.16 Å². The van der Waals surface area contributed by atoms with Gasteiger partial charge in [-0.3, -0.25) is 0 Å². The number of nitrogens with zero attached hydrogens (tertiary/aromatic N) is 1. The molecule has 1 aliphatic heterocycles. The molecule has 0 amide bonds. The first-order valence-electron chi connectivity index (χ1n) is 9.80. The Morgan fingerprint density at radius 2 is 1.45 bits per heavy atom. The molecule has 4 aromatic rings. The van der Waals surface area contributed by atoms with Gasteiger partial charge in [-0.25, -0.2) is 0 Å². The van der Waals surface area contributed by atoms with Gasteiger partial charge in [0, 0.05) is 22.6 Å². The molecule has 1 heterocycles. The number of hydrogen-bond acceptors (Lipinski definition) is 3. The topological polar surface area (TPSA) is 21.6 Å². The summed E-state index contributed by atoms with van der Waals surface area (Å²) in [6.45, 7) is 0. The minimum absolute atomic E-state index is 0.456. The van der Waals surface area contributed by atoms with Crippen molar-refractivity contribution in [2.75, 3.05) is 5.75 Å². The smallest absolute Gasteiger partial charge is 0.177 e. The molecule has 0 aliphatic carbocycles. The fourth-order valence-corrected chi connectivity index (χ4v) is 4.85. The number of oxime groups is 1. The molecule has 0 bridgehead atoms. The van der Waals surface area contributed by atoms with E-state index in [-0.39, 0.29) is 0 Å². The van der Waals surface area contributed by atoms with Crippen LogP contribution in [0.2, 0.25) is 0 Å². The quantitative estimate of drug-likeness (QED) is 0.353. The van der Waals surface area contributed by atoms with E-state index in [0.29, 0.717) is 0 Å². The van der Waals surface area contributed by atoms with Gasteiger partial charge in [0.25, 0.3) is 0 Å². The van der Waals surface area contributed by atoms with E-state index in [9.17, 15) is 0 Å². The Bertz CT molecular complexity index is 1160. The molecule has 2 nitrogen and oxygen atoms in total. The summed E-state index contributed by atoms with van der Waals surface area (Å²) in [4.78, 5) is 7.44. The molecule has 5 rings (SSSR count). The van der Waals surface area contributed by atoms with Crippen LogP contribution in [-0.4, -0.2) is 11.5 Å². The fraction of sp³-hybridized carbons (Fsp3) is 0.115. The van der Waals surface area contributed by atoms with Gasteiger partial charge >= 0.3 is 0 Å². The Morgan fingerprint density at radius 3 is 2.24 bits per heavy atom. The highest BCUT2D eigenvalue weighted by Gasteiger charge is 2.41. The van der Waals surface area contributed by atoms with Gasteiger partial charge in [-0.05, 0) is 34.5 Å². The molecule has 1 atom stereocenters. The summed E-state index contributed by atoms with van der Waals surface area (Å²) in [5.74, 6) is 0.807. The molecule has 4 aromatic carbocycles. The average Bonchev–Trinajstić information content (AvgIpc) is 3.24. The van der Waals surface area contributed by atoms with Crippen LogP contribution in [0.1, 0.15) is 17.5 Å². The van der Waals surface area contributed by atoms with E-state index in [2.05, 4.69) is 96.2 Å². The van der Waals surface area contributed by atoms with E-state index in [1.54, 1.807) is 0 Å². The van der Waals surface area contributed by atoms with Crippen molar-refractivity contribution >= 4 is 28.2 Å². The standard InChI is InChI=1S/C26H21NOS/c1-3-11-23(12-4-1)26(19-29-24-13-5-2-6-14-24)18-25(27-28-26)22-16-15-20-9-7-8-10-21(20)17-22/h1-17H,18-19H2/t26-/m1/s1. The monoisotopic (exact) mass is 395 g/mol. The highest BCUT2D eigenvalue weighted by atomic mass is 32.2. The highest BCUT2D eigenvalue weighted by molar-refractivity contribution is 7.99.